The summed E-state index contributed by atoms with van der Waals surface area (Å²) in [6.45, 7) is 13.6. The van der Waals surface area contributed by atoms with Crippen LogP contribution in [0.1, 0.15) is 65.2 Å². The number of nitrogens with zero attached hydrogens (tertiary/aromatic N) is 5. The van der Waals surface area contributed by atoms with Gasteiger partial charge in [-0.3, -0.25) is 14.3 Å². The molecule has 2 fully saturated rings. The summed E-state index contributed by atoms with van der Waals surface area (Å²) in [6, 6.07) is 7.83. The average Bonchev–Trinajstić information content (AvgIpc) is 2.81. The van der Waals surface area contributed by atoms with Crippen LogP contribution in [0.25, 0.3) is 10.9 Å². The molecule has 0 radical (unpaired) electrons. The van der Waals surface area contributed by atoms with Gasteiger partial charge in [-0.25, -0.2) is 4.98 Å². The van der Waals surface area contributed by atoms with Crippen LogP contribution < -0.4 is 15.8 Å². The number of aromatic nitrogens is 2. The van der Waals surface area contributed by atoms with E-state index in [1.807, 2.05) is 4.57 Å². The number of likely N-dealkylation sites (tertiary alicyclic amines) is 1. The Morgan fingerprint density at radius 2 is 1.82 bits per heavy atom. The van der Waals surface area contributed by atoms with Crippen LogP contribution in [0.15, 0.2) is 23.0 Å². The van der Waals surface area contributed by atoms with Gasteiger partial charge in [0, 0.05) is 50.5 Å². The molecule has 7 nitrogen and oxygen atoms in total. The number of nitrogens with one attached hydrogen (secondary N) is 1. The quantitative estimate of drug-likeness (QED) is 0.672. The van der Waals surface area contributed by atoms with Gasteiger partial charge in [0.15, 0.2) is 0 Å². The van der Waals surface area contributed by atoms with E-state index in [0.717, 1.165) is 74.3 Å². The molecular weight excluding hydrogens is 424 g/mol. The van der Waals surface area contributed by atoms with E-state index in [9.17, 15) is 4.79 Å². The van der Waals surface area contributed by atoms with Gasteiger partial charge >= 0.3 is 0 Å². The molecule has 188 valence electrons. The van der Waals surface area contributed by atoms with Crippen LogP contribution in [0.3, 0.4) is 0 Å². The fraction of sp³-hybridized carbons (Fsp3) is 0.704. The Morgan fingerprint density at radius 1 is 1.15 bits per heavy atom. The van der Waals surface area contributed by atoms with Crippen LogP contribution in [-0.2, 0) is 6.54 Å². The van der Waals surface area contributed by atoms with Gasteiger partial charge in [0.2, 0.25) is 0 Å². The molecule has 1 aromatic heterocycles. The zero-order chi connectivity index (χ0) is 24.4. The Morgan fingerprint density at radius 3 is 2.44 bits per heavy atom. The Labute approximate surface area is 205 Å². The number of hydrogen-bond acceptors (Lipinski definition) is 6. The van der Waals surface area contributed by atoms with E-state index >= 15 is 0 Å². The molecule has 0 bridgehead atoms. The van der Waals surface area contributed by atoms with Gasteiger partial charge in [-0.15, -0.1) is 0 Å². The molecule has 4 rings (SSSR count). The zero-order valence-electron chi connectivity index (χ0n) is 22.0. The highest BCUT2D eigenvalue weighted by Crippen LogP contribution is 2.29. The van der Waals surface area contributed by atoms with E-state index in [2.05, 4.69) is 80.0 Å². The first-order chi connectivity index (χ1) is 16.3. The van der Waals surface area contributed by atoms with Gasteiger partial charge < -0.3 is 15.1 Å². The van der Waals surface area contributed by atoms with Crippen molar-refractivity contribution in [3.63, 3.8) is 0 Å². The number of anilines is 1. The largest absolute Gasteiger partial charge is 0.371 e. The number of fused-ring (bicyclic) bond motifs is 1. The summed E-state index contributed by atoms with van der Waals surface area (Å²) < 4.78 is 1.93. The second kappa shape index (κ2) is 10.8. The highest BCUT2D eigenvalue weighted by atomic mass is 16.1. The second-order valence-corrected chi connectivity index (χ2v) is 10.6. The third kappa shape index (κ3) is 5.16. The molecule has 1 aromatic carbocycles. The molecule has 3 atom stereocenters. The predicted octanol–water partition coefficient (Wildman–Crippen LogP) is 3.47. The highest BCUT2D eigenvalue weighted by molar-refractivity contribution is 5.82. The van der Waals surface area contributed by atoms with Crippen molar-refractivity contribution in [2.24, 2.45) is 0 Å². The van der Waals surface area contributed by atoms with E-state index in [0.29, 0.717) is 24.7 Å². The first-order valence-corrected chi connectivity index (χ1v) is 13.3. The van der Waals surface area contributed by atoms with Gasteiger partial charge in [-0.2, -0.15) is 0 Å². The van der Waals surface area contributed by atoms with Crippen molar-refractivity contribution in [2.45, 2.75) is 84.1 Å². The number of hydrogen-bond donors (Lipinski definition) is 1. The predicted molar refractivity (Wildman–Crippen MR) is 142 cm³/mol. The van der Waals surface area contributed by atoms with Crippen molar-refractivity contribution in [3.05, 3.63) is 34.4 Å². The maximum absolute atomic E-state index is 13.8. The minimum absolute atomic E-state index is 0.0958. The van der Waals surface area contributed by atoms with Crippen LogP contribution >= 0.6 is 0 Å². The molecule has 1 unspecified atom stereocenters. The Hall–Kier alpha value is -1.96. The molecule has 0 saturated carbocycles. The van der Waals surface area contributed by atoms with E-state index < -0.39 is 0 Å². The maximum Gasteiger partial charge on any atom is 0.261 e. The van der Waals surface area contributed by atoms with E-state index in [1.165, 1.54) is 0 Å². The Balaban J connectivity index is 1.71. The van der Waals surface area contributed by atoms with Gasteiger partial charge in [0.1, 0.15) is 5.82 Å². The molecule has 2 aliphatic rings. The van der Waals surface area contributed by atoms with Crippen LogP contribution in [-0.4, -0.2) is 77.8 Å². The first kappa shape index (κ1) is 25.1. The fourth-order valence-electron chi connectivity index (χ4n) is 5.97. The molecule has 34 heavy (non-hydrogen) atoms. The highest BCUT2D eigenvalue weighted by Gasteiger charge is 2.31. The van der Waals surface area contributed by atoms with Crippen molar-refractivity contribution < 1.29 is 0 Å². The van der Waals surface area contributed by atoms with Crippen molar-refractivity contribution in [2.75, 3.05) is 45.2 Å². The lowest BCUT2D eigenvalue weighted by Gasteiger charge is -2.41. The van der Waals surface area contributed by atoms with E-state index in [1.54, 1.807) is 0 Å². The number of piperidine rings is 1. The van der Waals surface area contributed by atoms with Crippen molar-refractivity contribution >= 4 is 16.6 Å². The molecule has 1 N–H and O–H groups in total. The van der Waals surface area contributed by atoms with Gasteiger partial charge in [0.05, 0.1) is 16.9 Å². The van der Waals surface area contributed by atoms with Crippen LogP contribution in [0, 0.1) is 0 Å². The molecule has 0 aliphatic carbocycles. The summed E-state index contributed by atoms with van der Waals surface area (Å²) in [4.78, 5) is 26.2. The Bertz CT molecular complexity index is 1020. The third-order valence-corrected chi connectivity index (χ3v) is 7.81. The normalized spacial score (nSPS) is 23.9. The molecule has 0 amide bonds. The van der Waals surface area contributed by atoms with Crippen LogP contribution in [0.5, 0.6) is 0 Å². The lowest BCUT2D eigenvalue weighted by Crippen LogP contribution is -2.55. The summed E-state index contributed by atoms with van der Waals surface area (Å²) in [6.07, 6.45) is 4.38. The zero-order valence-corrected chi connectivity index (χ0v) is 22.0. The van der Waals surface area contributed by atoms with Crippen molar-refractivity contribution in [3.8, 4) is 0 Å². The molecule has 3 heterocycles. The molecule has 2 aromatic rings. The molecular formula is C27H44N6O. The lowest BCUT2D eigenvalue weighted by atomic mass is 10.0. The molecule has 2 saturated heterocycles. The van der Waals surface area contributed by atoms with Crippen LogP contribution in [0.4, 0.5) is 5.69 Å². The molecule has 0 spiro atoms. The monoisotopic (exact) mass is 468 g/mol. The lowest BCUT2D eigenvalue weighted by molar-refractivity contribution is 0.109. The minimum atomic E-state index is 0.0958. The summed E-state index contributed by atoms with van der Waals surface area (Å²) >= 11 is 0. The fourth-order valence-corrected chi connectivity index (χ4v) is 5.97. The standard InChI is InChI=1S/C27H44N6O/c1-7-9-25(32-17-19(3)28-20(4)18-32)26-29-24-11-10-22(16-23(24)27(34)33(26)8-2)31(6)21-12-14-30(5)15-13-21/h10-11,16,19-21,25,28H,7-9,12-15,17-18H2,1-6H3/t19-,20+,25?. The van der Waals surface area contributed by atoms with Gasteiger partial charge in [-0.1, -0.05) is 13.3 Å². The molecule has 2 aliphatic heterocycles. The number of rotatable bonds is 7. The van der Waals surface area contributed by atoms with Crippen molar-refractivity contribution in [1.82, 2.24) is 24.7 Å². The third-order valence-electron chi connectivity index (χ3n) is 7.81. The average molecular weight is 469 g/mol. The minimum Gasteiger partial charge on any atom is -0.371 e. The van der Waals surface area contributed by atoms with Gasteiger partial charge in [-0.05, 0) is 78.4 Å². The number of benzene rings is 1. The van der Waals surface area contributed by atoms with E-state index in [4.69, 9.17) is 4.98 Å². The summed E-state index contributed by atoms with van der Waals surface area (Å²) in [5.74, 6) is 0.930. The first-order valence-electron chi connectivity index (χ1n) is 13.3. The van der Waals surface area contributed by atoms with Crippen molar-refractivity contribution in [1.29, 1.82) is 0 Å². The summed E-state index contributed by atoms with van der Waals surface area (Å²) in [7, 11) is 4.36. The Kier molecular flexibility index (Phi) is 7.95. The van der Waals surface area contributed by atoms with E-state index in [-0.39, 0.29) is 11.6 Å². The topological polar surface area (TPSA) is 56.6 Å². The second-order valence-electron chi connectivity index (χ2n) is 10.6. The summed E-state index contributed by atoms with van der Waals surface area (Å²) in [5, 5.41) is 4.37. The SMILES string of the molecule is CCCC(c1nc2ccc(N(C)C3CCN(C)CC3)cc2c(=O)n1CC)N1C[C@@H](C)N[C@@H](C)C1. The molecule has 7 heteroatoms. The smallest absolute Gasteiger partial charge is 0.261 e. The summed E-state index contributed by atoms with van der Waals surface area (Å²) in [5.41, 5.74) is 2.03. The van der Waals surface area contributed by atoms with Gasteiger partial charge in [0.25, 0.3) is 5.56 Å². The van der Waals surface area contributed by atoms with Crippen LogP contribution in [0.2, 0.25) is 0 Å². The maximum atomic E-state index is 13.8. The number of piperazine rings is 1.